The Morgan fingerprint density at radius 1 is 1.60 bits per heavy atom. The zero-order valence-electron chi connectivity index (χ0n) is 6.46. The summed E-state index contributed by atoms with van der Waals surface area (Å²) in [6, 6.07) is 0. The van der Waals surface area contributed by atoms with Crippen LogP contribution in [0, 0.1) is 0 Å². The zero-order valence-corrected chi connectivity index (χ0v) is 7.28. The second-order valence-corrected chi connectivity index (χ2v) is 3.76. The Morgan fingerprint density at radius 3 is 2.60 bits per heavy atom. The Labute approximate surface area is 66.0 Å². The highest BCUT2D eigenvalue weighted by Crippen LogP contribution is 2.41. The average Bonchev–Trinajstić information content (AvgIpc) is 1.87. The Kier molecular flexibility index (Phi) is 2.60. The van der Waals surface area contributed by atoms with E-state index >= 15 is 0 Å². The maximum atomic E-state index is 4.63. The third kappa shape index (κ3) is 1.45. The van der Waals surface area contributed by atoms with Crippen molar-refractivity contribution in [1.29, 1.82) is 0 Å². The predicted octanol–water partition coefficient (Wildman–Crippen LogP) is 1.90. The van der Waals surface area contributed by atoms with Crippen molar-refractivity contribution in [1.82, 2.24) is 0 Å². The molecule has 0 saturated heterocycles. The van der Waals surface area contributed by atoms with E-state index < -0.39 is 0 Å². The van der Waals surface area contributed by atoms with Crippen LogP contribution in [0.5, 0.6) is 0 Å². The van der Waals surface area contributed by atoms with Gasteiger partial charge in [-0.1, -0.05) is 5.16 Å². The van der Waals surface area contributed by atoms with Crippen molar-refractivity contribution in [3.63, 3.8) is 0 Å². The van der Waals surface area contributed by atoms with Gasteiger partial charge < -0.3 is 4.84 Å². The van der Waals surface area contributed by atoms with Crippen LogP contribution in [0.3, 0.4) is 0 Å². The summed E-state index contributed by atoms with van der Waals surface area (Å²) in [6.07, 6.45) is 7.89. The summed E-state index contributed by atoms with van der Waals surface area (Å²) in [5, 5.41) is 3.79. The maximum absolute atomic E-state index is 4.63. The lowest BCUT2D eigenvalue weighted by Gasteiger charge is -2.36. The molecule has 0 spiro atoms. The lowest BCUT2D eigenvalue weighted by atomic mass is 9.85. The van der Waals surface area contributed by atoms with Gasteiger partial charge >= 0.3 is 0 Å². The third-order valence-corrected chi connectivity index (χ3v) is 3.33. The van der Waals surface area contributed by atoms with Crippen molar-refractivity contribution in [2.24, 2.45) is 5.16 Å². The van der Waals surface area contributed by atoms with Gasteiger partial charge in [-0.05, 0) is 25.5 Å². The Hall–Kier alpha value is -0.180. The number of rotatable bonds is 3. The van der Waals surface area contributed by atoms with Crippen LogP contribution < -0.4 is 0 Å². The van der Waals surface area contributed by atoms with Gasteiger partial charge in [0.15, 0.2) is 0 Å². The van der Waals surface area contributed by atoms with E-state index in [-0.39, 0.29) is 0 Å². The highest BCUT2D eigenvalue weighted by atomic mass is 32.2. The largest absolute Gasteiger partial charge is 0.399 e. The molecular formula is C7H13NOS. The van der Waals surface area contributed by atoms with Crippen molar-refractivity contribution in [3.8, 4) is 0 Å². The summed E-state index contributed by atoms with van der Waals surface area (Å²) in [5.74, 6) is 0. The lowest BCUT2D eigenvalue weighted by molar-refractivity contribution is 0.212. The van der Waals surface area contributed by atoms with Crippen molar-refractivity contribution < 1.29 is 4.84 Å². The van der Waals surface area contributed by atoms with Gasteiger partial charge in [-0.3, -0.25) is 0 Å². The quantitative estimate of drug-likeness (QED) is 0.463. The smallest absolute Gasteiger partial charge is 0.106 e. The van der Waals surface area contributed by atoms with E-state index in [4.69, 9.17) is 0 Å². The third-order valence-electron chi connectivity index (χ3n) is 2.00. The Morgan fingerprint density at radius 2 is 2.30 bits per heavy atom. The fourth-order valence-electron chi connectivity index (χ4n) is 1.06. The first-order valence-electron chi connectivity index (χ1n) is 3.46. The molecule has 1 rings (SSSR count). The van der Waals surface area contributed by atoms with Crippen molar-refractivity contribution in [3.05, 3.63) is 0 Å². The molecule has 58 valence electrons. The van der Waals surface area contributed by atoms with E-state index in [9.17, 15) is 0 Å². The molecule has 1 aliphatic rings. The fourth-order valence-corrected chi connectivity index (χ4v) is 1.91. The van der Waals surface area contributed by atoms with Crippen molar-refractivity contribution in [2.75, 3.05) is 13.4 Å². The van der Waals surface area contributed by atoms with Gasteiger partial charge in [0.2, 0.25) is 0 Å². The molecule has 0 aromatic carbocycles. The molecule has 0 radical (unpaired) electrons. The van der Waals surface area contributed by atoms with Gasteiger partial charge in [-0.25, -0.2) is 0 Å². The van der Waals surface area contributed by atoms with E-state index in [0.717, 1.165) is 0 Å². The number of oxime groups is 1. The molecule has 1 aliphatic carbocycles. The lowest BCUT2D eigenvalue weighted by Crippen LogP contribution is -2.34. The van der Waals surface area contributed by atoms with Crippen LogP contribution >= 0.6 is 11.8 Å². The summed E-state index contributed by atoms with van der Waals surface area (Å²) < 4.78 is 0.315. The average molecular weight is 159 g/mol. The minimum Gasteiger partial charge on any atom is -0.399 e. The van der Waals surface area contributed by atoms with Gasteiger partial charge in [-0.2, -0.15) is 11.8 Å². The van der Waals surface area contributed by atoms with E-state index in [0.29, 0.717) is 4.75 Å². The van der Waals surface area contributed by atoms with Crippen LogP contribution in [0.4, 0.5) is 0 Å². The van der Waals surface area contributed by atoms with Crippen LogP contribution in [0.15, 0.2) is 5.16 Å². The monoisotopic (exact) mass is 159 g/mol. The minimum atomic E-state index is 0.315. The first kappa shape index (κ1) is 7.92. The Balaban J connectivity index is 2.40. The molecular weight excluding hydrogens is 146 g/mol. The van der Waals surface area contributed by atoms with Crippen molar-refractivity contribution in [2.45, 2.75) is 24.0 Å². The number of hydrogen-bond acceptors (Lipinski definition) is 3. The molecule has 0 N–H and O–H groups in total. The van der Waals surface area contributed by atoms with E-state index in [1.165, 1.54) is 19.3 Å². The van der Waals surface area contributed by atoms with Crippen molar-refractivity contribution >= 4 is 18.0 Å². The molecule has 0 amide bonds. The van der Waals surface area contributed by atoms with Crippen LogP contribution in [-0.2, 0) is 4.84 Å². The molecule has 0 aromatic heterocycles. The summed E-state index contributed by atoms with van der Waals surface area (Å²) in [6.45, 7) is 0. The first-order chi connectivity index (χ1) is 4.83. The molecule has 0 unspecified atom stereocenters. The Bertz CT molecular complexity index is 126. The zero-order chi connectivity index (χ0) is 7.45. The number of nitrogens with zero attached hydrogens (tertiary/aromatic N) is 1. The van der Waals surface area contributed by atoms with Crippen LogP contribution in [0.25, 0.3) is 0 Å². The number of hydrogen-bond donors (Lipinski definition) is 0. The van der Waals surface area contributed by atoms with Gasteiger partial charge in [0.25, 0.3) is 0 Å². The molecule has 10 heavy (non-hydrogen) atoms. The van der Waals surface area contributed by atoms with Gasteiger partial charge in [0.05, 0.1) is 11.0 Å². The molecule has 0 heterocycles. The second-order valence-electron chi connectivity index (χ2n) is 2.54. The maximum Gasteiger partial charge on any atom is 0.106 e. The molecule has 1 saturated carbocycles. The van der Waals surface area contributed by atoms with Crippen LogP contribution in [0.2, 0.25) is 0 Å². The molecule has 0 aromatic rings. The second kappa shape index (κ2) is 3.28. The topological polar surface area (TPSA) is 21.6 Å². The molecule has 0 bridgehead atoms. The highest BCUT2D eigenvalue weighted by Gasteiger charge is 2.34. The molecule has 3 heteroatoms. The molecule has 0 atom stereocenters. The normalized spacial score (nSPS) is 22.6. The molecule has 0 aliphatic heterocycles. The summed E-state index contributed by atoms with van der Waals surface area (Å²) in [4.78, 5) is 4.63. The fraction of sp³-hybridized carbons (Fsp3) is 0.857. The van der Waals surface area contributed by atoms with E-state index in [2.05, 4.69) is 16.2 Å². The standard InChI is InChI=1S/C7H13NOS/c1-9-8-6-7(10-2)4-3-5-7/h6H,3-5H2,1-2H3/b8-6+. The van der Waals surface area contributed by atoms with Crippen LogP contribution in [-0.4, -0.2) is 24.3 Å². The van der Waals surface area contributed by atoms with Gasteiger partial charge in [0, 0.05) is 0 Å². The highest BCUT2D eigenvalue weighted by molar-refractivity contribution is 8.00. The van der Waals surface area contributed by atoms with E-state index in [1.54, 1.807) is 7.11 Å². The minimum absolute atomic E-state index is 0.315. The summed E-state index contributed by atoms with van der Waals surface area (Å²) >= 11 is 1.87. The molecule has 2 nitrogen and oxygen atoms in total. The van der Waals surface area contributed by atoms with Gasteiger partial charge in [0.1, 0.15) is 7.11 Å². The first-order valence-corrected chi connectivity index (χ1v) is 4.68. The molecule has 1 fully saturated rings. The number of thioether (sulfide) groups is 1. The van der Waals surface area contributed by atoms with Crippen LogP contribution in [0.1, 0.15) is 19.3 Å². The van der Waals surface area contributed by atoms with Gasteiger partial charge in [-0.15, -0.1) is 0 Å². The summed E-state index contributed by atoms with van der Waals surface area (Å²) in [7, 11) is 1.59. The summed E-state index contributed by atoms with van der Waals surface area (Å²) in [5.41, 5.74) is 0. The SMILES string of the molecule is CO/N=C/C1(SC)CCC1. The predicted molar refractivity (Wildman–Crippen MR) is 45.6 cm³/mol. The van der Waals surface area contributed by atoms with E-state index in [1.807, 2.05) is 18.0 Å².